The van der Waals surface area contributed by atoms with Crippen molar-refractivity contribution < 1.29 is 14.3 Å². The average molecular weight is 441 g/mol. The molecule has 0 bridgehead atoms. The van der Waals surface area contributed by atoms with Crippen LogP contribution in [0.3, 0.4) is 0 Å². The Labute approximate surface area is 192 Å². The molecule has 0 saturated heterocycles. The zero-order chi connectivity index (χ0) is 22.9. The maximum Gasteiger partial charge on any atom is 0.289 e. The molecule has 0 atom stereocenters. The van der Waals surface area contributed by atoms with Crippen LogP contribution in [0.5, 0.6) is 11.5 Å². The normalized spacial score (nSPS) is 10.8. The number of aromatic amines is 1. The summed E-state index contributed by atoms with van der Waals surface area (Å²) in [5.74, 6) is 1.23. The van der Waals surface area contributed by atoms with Gasteiger partial charge in [0.25, 0.3) is 5.91 Å². The van der Waals surface area contributed by atoms with Gasteiger partial charge in [-0.1, -0.05) is 36.4 Å². The number of carbonyl (C=O) groups excluding carboxylic acids is 1. The quantitative estimate of drug-likeness (QED) is 0.289. The lowest BCUT2D eigenvalue weighted by Gasteiger charge is -2.06. The van der Waals surface area contributed by atoms with E-state index in [0.29, 0.717) is 24.6 Å². The zero-order valence-corrected chi connectivity index (χ0v) is 18.2. The van der Waals surface area contributed by atoms with Crippen molar-refractivity contribution >= 4 is 12.1 Å². The minimum atomic E-state index is -0.375. The van der Waals surface area contributed by atoms with Gasteiger partial charge in [-0.2, -0.15) is 10.2 Å². The van der Waals surface area contributed by atoms with Gasteiger partial charge in [0.15, 0.2) is 0 Å². The summed E-state index contributed by atoms with van der Waals surface area (Å²) < 4.78 is 11.2. The summed E-state index contributed by atoms with van der Waals surface area (Å²) in [5, 5.41) is 11.0. The number of hydrazone groups is 1. The van der Waals surface area contributed by atoms with Crippen LogP contribution < -0.4 is 14.9 Å². The van der Waals surface area contributed by atoms with E-state index in [1.807, 2.05) is 85.8 Å². The molecule has 0 spiro atoms. The largest absolute Gasteiger partial charge is 0.494 e. The van der Waals surface area contributed by atoms with E-state index >= 15 is 0 Å². The second-order valence-electron chi connectivity index (χ2n) is 7.17. The molecule has 3 aromatic carbocycles. The maximum absolute atomic E-state index is 12.4. The molecule has 0 fully saturated rings. The number of rotatable bonds is 9. The number of nitrogens with one attached hydrogen (secondary N) is 2. The molecule has 166 valence electrons. The van der Waals surface area contributed by atoms with Crippen LogP contribution in [0.4, 0.5) is 0 Å². The van der Waals surface area contributed by atoms with Crippen molar-refractivity contribution in [3.8, 4) is 22.8 Å². The van der Waals surface area contributed by atoms with Crippen LogP contribution in [0, 0.1) is 0 Å². The molecule has 0 radical (unpaired) electrons. The number of ether oxygens (including phenoxy) is 2. The van der Waals surface area contributed by atoms with Crippen LogP contribution in [0.1, 0.15) is 28.5 Å². The Kier molecular flexibility index (Phi) is 7.12. The minimum absolute atomic E-state index is 0.320. The summed E-state index contributed by atoms with van der Waals surface area (Å²) >= 11 is 0. The van der Waals surface area contributed by atoms with Gasteiger partial charge in [0.1, 0.15) is 23.8 Å². The number of para-hydroxylation sites is 1. The molecule has 0 aliphatic heterocycles. The van der Waals surface area contributed by atoms with Crippen LogP contribution in [0.25, 0.3) is 11.3 Å². The lowest BCUT2D eigenvalue weighted by Crippen LogP contribution is -2.18. The fraction of sp³-hybridized carbons (Fsp3) is 0.115. The predicted molar refractivity (Wildman–Crippen MR) is 127 cm³/mol. The highest BCUT2D eigenvalue weighted by Gasteiger charge is 2.10. The SMILES string of the molecule is CCOc1ccc(-c2cc(C(=O)N/N=C/c3cccc(COc4ccccc4)c3)[nH]n2)cc1. The van der Waals surface area contributed by atoms with Gasteiger partial charge in [-0.15, -0.1) is 0 Å². The number of amides is 1. The van der Waals surface area contributed by atoms with Crippen molar-refractivity contribution in [3.05, 3.63) is 102 Å². The molecule has 0 saturated carbocycles. The monoisotopic (exact) mass is 440 g/mol. The van der Waals surface area contributed by atoms with Gasteiger partial charge in [-0.25, -0.2) is 5.43 Å². The van der Waals surface area contributed by atoms with Crippen molar-refractivity contribution in [3.63, 3.8) is 0 Å². The molecule has 7 nitrogen and oxygen atoms in total. The van der Waals surface area contributed by atoms with Crippen LogP contribution in [-0.2, 0) is 6.61 Å². The van der Waals surface area contributed by atoms with E-state index < -0.39 is 0 Å². The van der Waals surface area contributed by atoms with E-state index in [4.69, 9.17) is 9.47 Å². The van der Waals surface area contributed by atoms with Crippen molar-refractivity contribution in [2.24, 2.45) is 5.10 Å². The third-order valence-electron chi connectivity index (χ3n) is 4.76. The highest BCUT2D eigenvalue weighted by atomic mass is 16.5. The molecule has 4 aromatic rings. The topological polar surface area (TPSA) is 88.6 Å². The molecule has 33 heavy (non-hydrogen) atoms. The van der Waals surface area contributed by atoms with E-state index in [9.17, 15) is 4.79 Å². The van der Waals surface area contributed by atoms with Crippen LogP contribution >= 0.6 is 0 Å². The van der Waals surface area contributed by atoms with Gasteiger partial charge in [-0.3, -0.25) is 9.89 Å². The summed E-state index contributed by atoms with van der Waals surface area (Å²) in [6, 6.07) is 26.6. The molecule has 2 N–H and O–H groups in total. The third kappa shape index (κ3) is 6.07. The number of H-pyrrole nitrogens is 1. The molecule has 1 heterocycles. The first-order chi connectivity index (χ1) is 16.2. The summed E-state index contributed by atoms with van der Waals surface area (Å²) in [6.45, 7) is 2.99. The fourth-order valence-electron chi connectivity index (χ4n) is 3.15. The summed E-state index contributed by atoms with van der Waals surface area (Å²) in [7, 11) is 0. The molecular weight excluding hydrogens is 416 g/mol. The Bertz CT molecular complexity index is 1220. The molecule has 7 heteroatoms. The Hall–Kier alpha value is -4.39. The highest BCUT2D eigenvalue weighted by Crippen LogP contribution is 2.21. The van der Waals surface area contributed by atoms with Crippen LogP contribution in [-0.4, -0.2) is 28.9 Å². The summed E-state index contributed by atoms with van der Waals surface area (Å²) in [5.41, 5.74) is 6.24. The lowest BCUT2D eigenvalue weighted by atomic mass is 10.1. The van der Waals surface area contributed by atoms with Gasteiger partial charge in [-0.05, 0) is 66.6 Å². The fourth-order valence-corrected chi connectivity index (χ4v) is 3.15. The first-order valence-corrected chi connectivity index (χ1v) is 10.6. The smallest absolute Gasteiger partial charge is 0.289 e. The Balaban J connectivity index is 1.33. The lowest BCUT2D eigenvalue weighted by molar-refractivity contribution is 0.0950. The van der Waals surface area contributed by atoms with E-state index in [1.165, 1.54) is 0 Å². The van der Waals surface area contributed by atoms with E-state index in [1.54, 1.807) is 12.3 Å². The van der Waals surface area contributed by atoms with Gasteiger partial charge in [0, 0.05) is 5.56 Å². The maximum atomic E-state index is 12.4. The number of nitrogens with zero attached hydrogens (tertiary/aromatic N) is 2. The second kappa shape index (κ2) is 10.8. The van der Waals surface area contributed by atoms with E-state index in [0.717, 1.165) is 28.2 Å². The van der Waals surface area contributed by atoms with Crippen LogP contribution in [0.2, 0.25) is 0 Å². The molecular formula is C26H24N4O3. The second-order valence-corrected chi connectivity index (χ2v) is 7.17. The number of hydrogen-bond donors (Lipinski definition) is 2. The zero-order valence-electron chi connectivity index (χ0n) is 18.2. The first-order valence-electron chi connectivity index (χ1n) is 10.6. The van der Waals surface area contributed by atoms with Gasteiger partial charge in [0.05, 0.1) is 18.5 Å². The first kappa shape index (κ1) is 21.8. The Morgan fingerprint density at radius 1 is 0.970 bits per heavy atom. The summed E-state index contributed by atoms with van der Waals surface area (Å²) in [4.78, 5) is 12.4. The number of hydrogen-bond acceptors (Lipinski definition) is 5. The number of carbonyl (C=O) groups is 1. The number of aromatic nitrogens is 2. The predicted octanol–water partition coefficient (Wildman–Crippen LogP) is 4.82. The molecule has 1 aromatic heterocycles. The third-order valence-corrected chi connectivity index (χ3v) is 4.76. The standard InChI is InChI=1S/C26H24N4O3/c1-2-32-23-13-11-21(12-14-23)24-16-25(29-28-24)26(31)30-27-17-19-7-6-8-20(15-19)18-33-22-9-4-3-5-10-22/h3-17H,2,18H2,1H3,(H,28,29)(H,30,31)/b27-17+. The van der Waals surface area contributed by atoms with Crippen molar-refractivity contribution in [2.45, 2.75) is 13.5 Å². The van der Waals surface area contributed by atoms with E-state index in [-0.39, 0.29) is 5.91 Å². The summed E-state index contributed by atoms with van der Waals surface area (Å²) in [6.07, 6.45) is 1.59. The highest BCUT2D eigenvalue weighted by molar-refractivity contribution is 5.94. The van der Waals surface area contributed by atoms with E-state index in [2.05, 4.69) is 20.7 Å². The van der Waals surface area contributed by atoms with Crippen molar-refractivity contribution in [2.75, 3.05) is 6.61 Å². The van der Waals surface area contributed by atoms with Crippen molar-refractivity contribution in [1.82, 2.24) is 15.6 Å². The molecule has 0 aliphatic rings. The Morgan fingerprint density at radius 3 is 2.55 bits per heavy atom. The van der Waals surface area contributed by atoms with Gasteiger partial charge in [0.2, 0.25) is 0 Å². The van der Waals surface area contributed by atoms with Gasteiger partial charge < -0.3 is 9.47 Å². The van der Waals surface area contributed by atoms with Crippen LogP contribution in [0.15, 0.2) is 90.0 Å². The van der Waals surface area contributed by atoms with Crippen molar-refractivity contribution in [1.29, 1.82) is 0 Å². The number of benzene rings is 3. The Morgan fingerprint density at radius 2 is 1.76 bits per heavy atom. The van der Waals surface area contributed by atoms with Gasteiger partial charge >= 0.3 is 0 Å². The molecule has 0 unspecified atom stereocenters. The molecule has 0 aliphatic carbocycles. The minimum Gasteiger partial charge on any atom is -0.494 e. The average Bonchev–Trinajstić information content (AvgIpc) is 3.35. The molecule has 4 rings (SSSR count). The molecule has 1 amide bonds.